The van der Waals surface area contributed by atoms with E-state index in [0.29, 0.717) is 0 Å². The van der Waals surface area contributed by atoms with Gasteiger partial charge in [0.15, 0.2) is 0 Å². The van der Waals surface area contributed by atoms with Gasteiger partial charge in [-0.1, -0.05) is 176 Å². The minimum atomic E-state index is -0.585. The zero-order valence-corrected chi connectivity index (χ0v) is 38.3. The van der Waals surface area contributed by atoms with Crippen molar-refractivity contribution in [1.29, 1.82) is 0 Å². The Morgan fingerprint density at radius 2 is 0.657 bits per heavy atom. The highest BCUT2D eigenvalue weighted by molar-refractivity contribution is 6.11. The van der Waals surface area contributed by atoms with Crippen LogP contribution in [0.4, 0.5) is 34.1 Å². The Morgan fingerprint density at radius 3 is 1.26 bits per heavy atom. The molecule has 2 aliphatic rings. The first-order valence-corrected chi connectivity index (χ1v) is 24.2. The van der Waals surface area contributed by atoms with Crippen molar-refractivity contribution in [3.8, 4) is 39.1 Å². The third kappa shape index (κ3) is 6.01. The van der Waals surface area contributed by atoms with Crippen molar-refractivity contribution >= 4 is 55.9 Å². The second kappa shape index (κ2) is 16.0. The maximum absolute atomic E-state index is 2.50. The van der Waals surface area contributed by atoms with Gasteiger partial charge in [-0.15, -0.1) is 0 Å². The number of fused-ring (bicyclic) bond motifs is 13. The molecular formula is C67H45N3. The predicted molar refractivity (Wildman–Crippen MR) is 292 cm³/mol. The summed E-state index contributed by atoms with van der Waals surface area (Å²) in [5, 5.41) is 2.44. The van der Waals surface area contributed by atoms with Crippen LogP contribution in [0, 0.1) is 0 Å². The number of anilines is 6. The third-order valence-electron chi connectivity index (χ3n) is 14.8. The molecule has 1 aromatic heterocycles. The van der Waals surface area contributed by atoms with Gasteiger partial charge in [0.1, 0.15) is 0 Å². The molecule has 12 aromatic rings. The standard InChI is InChI=1S/C67H45N3/c1-5-19-46(20-6-1)47-33-35-51(36-34-47)68(48-21-7-2-8-22-48)53-37-40-57-55-27-13-16-30-61(55)67(63(57)44-53)62-31-17-14-28-56(62)58-41-38-54(45-64(58)67)69(49-23-9-3-10-24-49)52-39-42-66-60(43-52)59-29-15-18-32-65(59)70(66)50-25-11-4-12-26-50/h1-45H. The number of hydrogen-bond acceptors (Lipinski definition) is 2. The van der Waals surface area contributed by atoms with Gasteiger partial charge >= 0.3 is 0 Å². The van der Waals surface area contributed by atoms with Crippen LogP contribution in [0.25, 0.3) is 60.9 Å². The van der Waals surface area contributed by atoms with Crippen LogP contribution in [-0.4, -0.2) is 4.57 Å². The van der Waals surface area contributed by atoms with Gasteiger partial charge in [0.25, 0.3) is 0 Å². The first-order chi connectivity index (χ1) is 34.7. The molecule has 0 N–H and O–H groups in total. The minimum Gasteiger partial charge on any atom is -0.310 e. The van der Waals surface area contributed by atoms with Crippen molar-refractivity contribution in [1.82, 2.24) is 4.57 Å². The Labute approximate surface area is 408 Å². The Bertz CT molecular complexity index is 3920. The zero-order valence-electron chi connectivity index (χ0n) is 38.3. The van der Waals surface area contributed by atoms with Gasteiger partial charge in [-0.05, 0) is 153 Å². The summed E-state index contributed by atoms with van der Waals surface area (Å²) >= 11 is 0. The first-order valence-electron chi connectivity index (χ1n) is 24.2. The maximum atomic E-state index is 2.50. The van der Waals surface area contributed by atoms with E-state index in [0.717, 1.165) is 39.8 Å². The van der Waals surface area contributed by atoms with Gasteiger partial charge in [-0.25, -0.2) is 0 Å². The molecule has 2 aliphatic carbocycles. The number of hydrogen-bond donors (Lipinski definition) is 0. The molecule has 0 saturated heterocycles. The maximum Gasteiger partial charge on any atom is 0.0727 e. The lowest BCUT2D eigenvalue weighted by molar-refractivity contribution is 0.793. The fourth-order valence-corrected chi connectivity index (χ4v) is 11.8. The van der Waals surface area contributed by atoms with Gasteiger partial charge in [0.2, 0.25) is 0 Å². The van der Waals surface area contributed by atoms with E-state index >= 15 is 0 Å². The molecule has 70 heavy (non-hydrogen) atoms. The SMILES string of the molecule is c1ccc(-c2ccc(N(c3ccccc3)c3ccc4c(c3)C3(c5ccccc5-4)c4ccccc4-c4ccc(N(c5ccccc5)c5ccc6c(c5)c5ccccc5n6-c5ccccc5)cc43)cc2)cc1. The molecule has 1 atom stereocenters. The number of para-hydroxylation sites is 4. The van der Waals surface area contributed by atoms with E-state index in [-0.39, 0.29) is 0 Å². The fourth-order valence-electron chi connectivity index (χ4n) is 11.8. The van der Waals surface area contributed by atoms with Crippen molar-refractivity contribution in [3.05, 3.63) is 295 Å². The van der Waals surface area contributed by atoms with E-state index in [1.165, 1.54) is 77.4 Å². The molecule has 0 aliphatic heterocycles. The second-order valence-corrected chi connectivity index (χ2v) is 18.4. The average Bonchev–Trinajstić information content (AvgIpc) is 4.04. The molecule has 0 saturated carbocycles. The first kappa shape index (κ1) is 39.9. The van der Waals surface area contributed by atoms with Crippen LogP contribution in [0.1, 0.15) is 22.3 Å². The van der Waals surface area contributed by atoms with Crippen molar-refractivity contribution in [3.63, 3.8) is 0 Å². The van der Waals surface area contributed by atoms with Gasteiger partial charge in [-0.2, -0.15) is 0 Å². The Morgan fingerprint density at radius 1 is 0.257 bits per heavy atom. The molecule has 3 heteroatoms. The molecule has 1 unspecified atom stereocenters. The lowest BCUT2D eigenvalue weighted by Crippen LogP contribution is -2.26. The molecule has 1 heterocycles. The number of aromatic nitrogens is 1. The lowest BCUT2D eigenvalue weighted by Gasteiger charge is -2.33. The zero-order chi connectivity index (χ0) is 46.2. The highest BCUT2D eigenvalue weighted by atomic mass is 15.1. The van der Waals surface area contributed by atoms with Crippen LogP contribution in [0.15, 0.2) is 273 Å². The van der Waals surface area contributed by atoms with Crippen LogP contribution in [0.3, 0.4) is 0 Å². The summed E-state index contributed by atoms with van der Waals surface area (Å²) in [4.78, 5) is 4.85. The van der Waals surface area contributed by atoms with Gasteiger partial charge < -0.3 is 14.4 Å². The van der Waals surface area contributed by atoms with E-state index < -0.39 is 5.41 Å². The summed E-state index contributed by atoms with van der Waals surface area (Å²) in [7, 11) is 0. The summed E-state index contributed by atoms with van der Waals surface area (Å²) in [6, 6.07) is 100. The van der Waals surface area contributed by atoms with Crippen LogP contribution in [0.2, 0.25) is 0 Å². The lowest BCUT2D eigenvalue weighted by atomic mass is 9.70. The monoisotopic (exact) mass is 891 g/mol. The van der Waals surface area contributed by atoms with E-state index in [1.54, 1.807) is 0 Å². The Balaban J connectivity index is 0.980. The van der Waals surface area contributed by atoms with Gasteiger partial charge in [0, 0.05) is 50.6 Å². The van der Waals surface area contributed by atoms with E-state index in [4.69, 9.17) is 0 Å². The molecule has 0 fully saturated rings. The van der Waals surface area contributed by atoms with Crippen LogP contribution < -0.4 is 9.80 Å². The van der Waals surface area contributed by atoms with E-state index in [2.05, 4.69) is 287 Å². The van der Waals surface area contributed by atoms with Crippen molar-refractivity contribution in [2.45, 2.75) is 5.41 Å². The highest BCUT2D eigenvalue weighted by Crippen LogP contribution is 2.64. The molecule has 0 radical (unpaired) electrons. The van der Waals surface area contributed by atoms with Gasteiger partial charge in [0.05, 0.1) is 16.4 Å². The predicted octanol–water partition coefficient (Wildman–Crippen LogP) is 17.7. The van der Waals surface area contributed by atoms with Crippen LogP contribution in [0.5, 0.6) is 0 Å². The van der Waals surface area contributed by atoms with Crippen LogP contribution in [-0.2, 0) is 5.41 Å². The molecule has 3 nitrogen and oxygen atoms in total. The molecule has 0 amide bonds. The topological polar surface area (TPSA) is 11.4 Å². The Hall–Kier alpha value is -9.18. The fraction of sp³-hybridized carbons (Fsp3) is 0.0149. The molecule has 11 aromatic carbocycles. The second-order valence-electron chi connectivity index (χ2n) is 18.4. The largest absolute Gasteiger partial charge is 0.310 e. The summed E-state index contributed by atoms with van der Waals surface area (Å²) in [6.07, 6.45) is 0. The average molecular weight is 892 g/mol. The number of rotatable bonds is 8. The summed E-state index contributed by atoms with van der Waals surface area (Å²) < 4.78 is 2.39. The molecule has 328 valence electrons. The quantitative estimate of drug-likeness (QED) is 0.151. The van der Waals surface area contributed by atoms with E-state index in [9.17, 15) is 0 Å². The molecule has 14 rings (SSSR count). The summed E-state index contributed by atoms with van der Waals surface area (Å²) in [6.45, 7) is 0. The summed E-state index contributed by atoms with van der Waals surface area (Å²) in [5.41, 5.74) is 22.2. The smallest absolute Gasteiger partial charge is 0.0727 e. The van der Waals surface area contributed by atoms with Gasteiger partial charge in [-0.3, -0.25) is 0 Å². The summed E-state index contributed by atoms with van der Waals surface area (Å²) in [5.74, 6) is 0. The Kier molecular flexibility index (Phi) is 9.11. The minimum absolute atomic E-state index is 0.585. The molecular weight excluding hydrogens is 847 g/mol. The van der Waals surface area contributed by atoms with Crippen molar-refractivity contribution in [2.75, 3.05) is 9.80 Å². The molecule has 1 spiro atoms. The normalized spacial score (nSPS) is 14.1. The molecule has 0 bridgehead atoms. The highest BCUT2D eigenvalue weighted by Gasteiger charge is 2.52. The number of nitrogens with zero attached hydrogens (tertiary/aromatic N) is 3. The number of benzene rings is 11. The van der Waals surface area contributed by atoms with Crippen molar-refractivity contribution < 1.29 is 0 Å². The van der Waals surface area contributed by atoms with Crippen LogP contribution >= 0.6 is 0 Å². The van der Waals surface area contributed by atoms with Crippen molar-refractivity contribution in [2.24, 2.45) is 0 Å². The third-order valence-corrected chi connectivity index (χ3v) is 14.8. The van der Waals surface area contributed by atoms with E-state index in [1.807, 2.05) is 0 Å².